The zero-order valence-corrected chi connectivity index (χ0v) is 17.5. The Morgan fingerprint density at radius 3 is 2.43 bits per heavy atom. The Balaban J connectivity index is 1.91. The van der Waals surface area contributed by atoms with Crippen molar-refractivity contribution in [1.29, 1.82) is 0 Å². The molecule has 9 heteroatoms. The van der Waals surface area contributed by atoms with Crippen LogP contribution in [0.15, 0.2) is 30.3 Å². The Morgan fingerprint density at radius 2 is 1.82 bits per heavy atom. The molecular formula is C19H20Cl2N4O3. The van der Waals surface area contributed by atoms with Gasteiger partial charge in [-0.1, -0.05) is 44.0 Å². The summed E-state index contributed by atoms with van der Waals surface area (Å²) in [5.74, 6) is -0.287. The number of halogens is 2. The van der Waals surface area contributed by atoms with Gasteiger partial charge in [-0.05, 0) is 35.7 Å². The number of aromatic nitrogens is 2. The molecule has 0 spiro atoms. The van der Waals surface area contributed by atoms with Gasteiger partial charge in [0.15, 0.2) is 11.0 Å². The largest absolute Gasteiger partial charge is 0.435 e. The number of carbonyl (C=O) groups is 2. The van der Waals surface area contributed by atoms with Crippen LogP contribution in [0.5, 0.6) is 0 Å². The Morgan fingerprint density at radius 1 is 1.18 bits per heavy atom. The van der Waals surface area contributed by atoms with E-state index in [0.717, 1.165) is 5.56 Å². The molecule has 1 aliphatic rings. The summed E-state index contributed by atoms with van der Waals surface area (Å²) in [7, 11) is 1.62. The lowest BCUT2D eigenvalue weighted by Gasteiger charge is -2.25. The molecule has 0 N–H and O–H groups in total. The van der Waals surface area contributed by atoms with Gasteiger partial charge in [-0.25, -0.2) is 14.5 Å². The van der Waals surface area contributed by atoms with Crippen LogP contribution in [-0.2, 0) is 10.2 Å². The van der Waals surface area contributed by atoms with E-state index in [1.807, 2.05) is 20.8 Å². The quantitative estimate of drug-likeness (QED) is 0.694. The number of anilines is 1. The average Bonchev–Trinajstić information content (AvgIpc) is 2.89. The maximum atomic E-state index is 12.7. The Labute approximate surface area is 173 Å². The van der Waals surface area contributed by atoms with Crippen molar-refractivity contribution in [3.05, 3.63) is 51.6 Å². The highest BCUT2D eigenvalue weighted by Gasteiger charge is 2.40. The number of amides is 2. The number of benzene rings is 1. The van der Waals surface area contributed by atoms with E-state index in [-0.39, 0.29) is 29.0 Å². The number of carbonyl (C=O) groups excluding carboxylic acids is 2. The zero-order chi connectivity index (χ0) is 20.6. The molecule has 28 heavy (non-hydrogen) atoms. The molecule has 2 aromatic rings. The standard InChI is InChI=1S/C19H20Cl2N4O3/c1-19(2,3)13-9-14(22-23-16(13)21)25-15(10-24(4)18(25)27)28-17(26)11-5-7-12(20)8-6-11/h5-9,15H,10H2,1-4H3. The fraction of sp³-hybridized carbons (Fsp3) is 0.368. The molecule has 0 bridgehead atoms. The first-order valence-corrected chi connectivity index (χ1v) is 9.38. The molecule has 1 aromatic carbocycles. The zero-order valence-electron chi connectivity index (χ0n) is 15.9. The lowest BCUT2D eigenvalue weighted by atomic mass is 9.88. The summed E-state index contributed by atoms with van der Waals surface area (Å²) in [5, 5.41) is 8.81. The van der Waals surface area contributed by atoms with Crippen LogP contribution in [0.25, 0.3) is 0 Å². The molecule has 0 radical (unpaired) electrons. The summed E-state index contributed by atoms with van der Waals surface area (Å²) < 4.78 is 5.58. The van der Waals surface area contributed by atoms with Crippen LogP contribution in [0.2, 0.25) is 10.2 Å². The number of hydrogen-bond donors (Lipinski definition) is 0. The number of hydrogen-bond acceptors (Lipinski definition) is 5. The van der Waals surface area contributed by atoms with Gasteiger partial charge in [-0.2, -0.15) is 0 Å². The second-order valence-corrected chi connectivity index (χ2v) is 8.35. The van der Waals surface area contributed by atoms with Gasteiger partial charge in [0.25, 0.3) is 0 Å². The summed E-state index contributed by atoms with van der Waals surface area (Å²) in [6, 6.07) is 7.69. The highest BCUT2D eigenvalue weighted by Crippen LogP contribution is 2.32. The Bertz CT molecular complexity index is 912. The van der Waals surface area contributed by atoms with E-state index in [1.54, 1.807) is 37.4 Å². The molecule has 7 nitrogen and oxygen atoms in total. The second kappa shape index (κ2) is 7.56. The smallest absolute Gasteiger partial charge is 0.340 e. The Hall–Kier alpha value is -2.38. The monoisotopic (exact) mass is 422 g/mol. The van der Waals surface area contributed by atoms with Gasteiger partial charge in [0.2, 0.25) is 6.23 Å². The Kier molecular flexibility index (Phi) is 5.50. The van der Waals surface area contributed by atoms with E-state index >= 15 is 0 Å². The number of ether oxygens (including phenoxy) is 1. The molecule has 1 fully saturated rings. The molecule has 148 valence electrons. The van der Waals surface area contributed by atoms with Crippen molar-refractivity contribution >= 4 is 41.0 Å². The third-order valence-electron chi connectivity index (χ3n) is 4.36. The SMILES string of the molecule is CN1CC(OC(=O)c2ccc(Cl)cc2)N(c2cc(C(C)(C)C)c(Cl)nn2)C1=O. The van der Waals surface area contributed by atoms with Crippen molar-refractivity contribution < 1.29 is 14.3 Å². The second-order valence-electron chi connectivity index (χ2n) is 7.56. The predicted molar refractivity (Wildman–Crippen MR) is 107 cm³/mol. The van der Waals surface area contributed by atoms with Gasteiger partial charge in [0.1, 0.15) is 0 Å². The number of likely N-dealkylation sites (N-methyl/N-ethyl adjacent to an activating group) is 1. The summed E-state index contributed by atoms with van der Waals surface area (Å²) in [6.45, 7) is 6.15. The van der Waals surface area contributed by atoms with Crippen LogP contribution in [0.3, 0.4) is 0 Å². The minimum Gasteiger partial charge on any atom is -0.435 e. The topological polar surface area (TPSA) is 75.6 Å². The molecule has 1 saturated heterocycles. The maximum Gasteiger partial charge on any atom is 0.340 e. The van der Waals surface area contributed by atoms with Gasteiger partial charge in [0.05, 0.1) is 12.1 Å². The summed E-state index contributed by atoms with van der Waals surface area (Å²) in [4.78, 5) is 27.9. The van der Waals surface area contributed by atoms with Crippen LogP contribution in [0.1, 0.15) is 36.7 Å². The van der Waals surface area contributed by atoms with Crippen LogP contribution >= 0.6 is 23.2 Å². The number of esters is 1. The predicted octanol–water partition coefficient (Wildman–Crippen LogP) is 4.14. The first-order chi connectivity index (χ1) is 13.1. The van der Waals surface area contributed by atoms with Crippen molar-refractivity contribution in [2.45, 2.75) is 32.4 Å². The van der Waals surface area contributed by atoms with E-state index in [9.17, 15) is 9.59 Å². The molecule has 1 atom stereocenters. The summed E-state index contributed by atoms with van der Waals surface area (Å²) in [6.07, 6.45) is -0.844. The molecule has 1 aromatic heterocycles. The van der Waals surface area contributed by atoms with Crippen molar-refractivity contribution in [1.82, 2.24) is 15.1 Å². The van der Waals surface area contributed by atoms with Crippen molar-refractivity contribution in [2.75, 3.05) is 18.5 Å². The van der Waals surface area contributed by atoms with Crippen LogP contribution in [-0.4, -0.2) is 46.9 Å². The molecule has 3 rings (SSSR count). The first-order valence-electron chi connectivity index (χ1n) is 8.62. The summed E-state index contributed by atoms with van der Waals surface area (Å²) in [5.41, 5.74) is 0.777. The van der Waals surface area contributed by atoms with Gasteiger partial charge in [-0.15, -0.1) is 10.2 Å². The molecular weight excluding hydrogens is 403 g/mol. The minimum atomic E-state index is -0.844. The van der Waals surface area contributed by atoms with Gasteiger partial charge in [-0.3, -0.25) is 0 Å². The summed E-state index contributed by atoms with van der Waals surface area (Å²) >= 11 is 12.0. The van der Waals surface area contributed by atoms with Crippen molar-refractivity contribution in [3.8, 4) is 0 Å². The molecule has 0 aliphatic carbocycles. The number of nitrogens with zero attached hydrogens (tertiary/aromatic N) is 4. The van der Waals surface area contributed by atoms with E-state index in [1.165, 1.54) is 9.80 Å². The lowest BCUT2D eigenvalue weighted by Crippen LogP contribution is -2.38. The van der Waals surface area contributed by atoms with E-state index in [2.05, 4.69) is 10.2 Å². The van der Waals surface area contributed by atoms with E-state index in [0.29, 0.717) is 10.6 Å². The normalized spacial score (nSPS) is 17.2. The maximum absolute atomic E-state index is 12.7. The van der Waals surface area contributed by atoms with E-state index < -0.39 is 12.2 Å². The molecule has 0 saturated carbocycles. The average molecular weight is 423 g/mol. The third kappa shape index (κ3) is 4.05. The number of rotatable bonds is 3. The highest BCUT2D eigenvalue weighted by molar-refractivity contribution is 6.30. The van der Waals surface area contributed by atoms with Crippen LogP contribution in [0.4, 0.5) is 10.6 Å². The van der Waals surface area contributed by atoms with Gasteiger partial charge in [0, 0.05) is 17.6 Å². The lowest BCUT2D eigenvalue weighted by molar-refractivity contribution is 0.0330. The highest BCUT2D eigenvalue weighted by atomic mass is 35.5. The fourth-order valence-corrected chi connectivity index (χ4v) is 3.33. The van der Waals surface area contributed by atoms with Crippen LogP contribution in [0, 0.1) is 0 Å². The molecule has 2 amide bonds. The molecule has 1 aliphatic heterocycles. The first kappa shape index (κ1) is 20.4. The minimum absolute atomic E-state index is 0.202. The molecule has 1 unspecified atom stereocenters. The third-order valence-corrected chi connectivity index (χ3v) is 4.90. The fourth-order valence-electron chi connectivity index (χ4n) is 2.82. The van der Waals surface area contributed by atoms with E-state index in [4.69, 9.17) is 27.9 Å². The number of urea groups is 1. The van der Waals surface area contributed by atoms with Gasteiger partial charge >= 0.3 is 12.0 Å². The van der Waals surface area contributed by atoms with Gasteiger partial charge < -0.3 is 9.64 Å². The van der Waals surface area contributed by atoms with Crippen molar-refractivity contribution in [3.63, 3.8) is 0 Å². The molecule has 2 heterocycles. The van der Waals surface area contributed by atoms with Crippen molar-refractivity contribution in [2.24, 2.45) is 0 Å². The van der Waals surface area contributed by atoms with Crippen LogP contribution < -0.4 is 4.90 Å².